The molecule has 37 heavy (non-hydrogen) atoms. The second-order valence-electron chi connectivity index (χ2n) is 10.2. The number of fused-ring (bicyclic) bond motifs is 1. The van der Waals surface area contributed by atoms with Gasteiger partial charge < -0.3 is 15.4 Å². The molecule has 196 valence electrons. The topological polar surface area (TPSA) is 105 Å². The molecule has 2 fully saturated rings. The molecule has 1 spiro atoms. The van der Waals surface area contributed by atoms with Gasteiger partial charge >= 0.3 is 0 Å². The Hall–Kier alpha value is -3.17. The Labute approximate surface area is 218 Å². The number of nitrogens with one attached hydrogen (secondary N) is 2. The third-order valence-electron chi connectivity index (χ3n) is 7.78. The standard InChI is InChI=1S/C28H33N3O5S/c1-2-26(32)30-23-12-15-31(28(18-23)13-4-14-28)37(34,35)24-9-7-21(8-10-24)27(33)29-19-20-6-11-25-22(17-20)5-3-16-36-25/h2,6-11,17,23H,1,3-5,12-16,18-19H2,(H,29,33)(H,30,32). The summed E-state index contributed by atoms with van der Waals surface area (Å²) in [7, 11) is -3.74. The van der Waals surface area contributed by atoms with E-state index in [4.69, 9.17) is 4.74 Å². The van der Waals surface area contributed by atoms with Crippen LogP contribution in [-0.2, 0) is 27.8 Å². The summed E-state index contributed by atoms with van der Waals surface area (Å²) in [6.45, 7) is 4.97. The van der Waals surface area contributed by atoms with Crippen molar-refractivity contribution in [2.75, 3.05) is 13.2 Å². The van der Waals surface area contributed by atoms with Crippen LogP contribution < -0.4 is 15.4 Å². The summed E-state index contributed by atoms with van der Waals surface area (Å²) in [5.41, 5.74) is 2.09. The van der Waals surface area contributed by atoms with Crippen LogP contribution in [0.15, 0.2) is 60.0 Å². The first kappa shape index (κ1) is 25.5. The Balaban J connectivity index is 1.24. The number of carbonyl (C=O) groups is 2. The fourth-order valence-electron chi connectivity index (χ4n) is 5.68. The summed E-state index contributed by atoms with van der Waals surface area (Å²) in [4.78, 5) is 24.7. The van der Waals surface area contributed by atoms with Crippen LogP contribution in [0.3, 0.4) is 0 Å². The van der Waals surface area contributed by atoms with Gasteiger partial charge in [0.15, 0.2) is 0 Å². The number of nitrogens with zero attached hydrogens (tertiary/aromatic N) is 1. The summed E-state index contributed by atoms with van der Waals surface area (Å²) in [5, 5.41) is 5.85. The number of ether oxygens (including phenoxy) is 1. The second kappa shape index (κ2) is 10.3. The average Bonchev–Trinajstić information content (AvgIpc) is 2.90. The molecule has 2 amide bonds. The van der Waals surface area contributed by atoms with Gasteiger partial charge in [0, 0.05) is 30.2 Å². The summed E-state index contributed by atoms with van der Waals surface area (Å²) < 4.78 is 34.5. The molecule has 3 aliphatic rings. The summed E-state index contributed by atoms with van der Waals surface area (Å²) in [6.07, 6.45) is 6.88. The lowest BCUT2D eigenvalue weighted by Gasteiger charge is -2.54. The Bertz CT molecular complexity index is 1300. The highest BCUT2D eigenvalue weighted by molar-refractivity contribution is 7.89. The molecule has 2 N–H and O–H groups in total. The molecule has 2 heterocycles. The van der Waals surface area contributed by atoms with E-state index >= 15 is 0 Å². The molecule has 8 nitrogen and oxygen atoms in total. The predicted octanol–water partition coefficient (Wildman–Crippen LogP) is 3.32. The van der Waals surface area contributed by atoms with Crippen molar-refractivity contribution >= 4 is 21.8 Å². The molecule has 0 bridgehead atoms. The van der Waals surface area contributed by atoms with Gasteiger partial charge in [-0.25, -0.2) is 8.42 Å². The van der Waals surface area contributed by atoms with Crippen LogP contribution in [0.4, 0.5) is 0 Å². The van der Waals surface area contributed by atoms with E-state index in [1.165, 1.54) is 18.2 Å². The number of carbonyl (C=O) groups excluding carboxylic acids is 2. The van der Waals surface area contributed by atoms with Crippen molar-refractivity contribution in [3.05, 3.63) is 71.8 Å². The first-order valence-electron chi connectivity index (χ1n) is 12.9. The van der Waals surface area contributed by atoms with Crippen LogP contribution in [-0.4, -0.2) is 49.3 Å². The molecule has 1 unspecified atom stereocenters. The van der Waals surface area contributed by atoms with Crippen molar-refractivity contribution in [2.45, 2.75) is 68.0 Å². The van der Waals surface area contributed by atoms with Crippen LogP contribution in [0.1, 0.15) is 60.0 Å². The summed E-state index contributed by atoms with van der Waals surface area (Å²) in [6, 6.07) is 12.0. The number of aryl methyl sites for hydroxylation is 1. The minimum atomic E-state index is -3.74. The minimum Gasteiger partial charge on any atom is -0.493 e. The Kier molecular flexibility index (Phi) is 7.09. The van der Waals surface area contributed by atoms with E-state index in [0.29, 0.717) is 31.5 Å². The fraction of sp³-hybridized carbons (Fsp3) is 0.429. The zero-order chi connectivity index (χ0) is 26.0. The zero-order valence-corrected chi connectivity index (χ0v) is 21.7. The molecule has 0 aromatic heterocycles. The van der Waals surface area contributed by atoms with Crippen LogP contribution in [0.2, 0.25) is 0 Å². The van der Waals surface area contributed by atoms with Crippen molar-refractivity contribution < 1.29 is 22.7 Å². The highest BCUT2D eigenvalue weighted by Crippen LogP contribution is 2.47. The van der Waals surface area contributed by atoms with Gasteiger partial charge in [0.25, 0.3) is 5.91 Å². The number of hydrogen-bond acceptors (Lipinski definition) is 5. The number of amides is 2. The van der Waals surface area contributed by atoms with Crippen molar-refractivity contribution in [2.24, 2.45) is 0 Å². The SMILES string of the molecule is C=CC(=O)NC1CCN(S(=O)(=O)c2ccc(C(=O)NCc3ccc4c(c3)CCCO4)cc2)C2(CCC2)C1. The maximum atomic E-state index is 13.6. The number of benzene rings is 2. The summed E-state index contributed by atoms with van der Waals surface area (Å²) >= 11 is 0. The van der Waals surface area contributed by atoms with E-state index in [1.807, 2.05) is 12.1 Å². The Morgan fingerprint density at radius 2 is 1.92 bits per heavy atom. The van der Waals surface area contributed by atoms with Gasteiger partial charge in [0.2, 0.25) is 15.9 Å². The highest BCUT2D eigenvalue weighted by Gasteiger charge is 2.51. The Morgan fingerprint density at radius 1 is 1.14 bits per heavy atom. The number of hydrogen-bond donors (Lipinski definition) is 2. The van der Waals surface area contributed by atoms with Gasteiger partial charge in [0.1, 0.15) is 5.75 Å². The molecule has 2 aromatic rings. The monoisotopic (exact) mass is 523 g/mol. The molecule has 1 atom stereocenters. The van der Waals surface area contributed by atoms with E-state index < -0.39 is 15.6 Å². The molecule has 1 aliphatic carbocycles. The summed E-state index contributed by atoms with van der Waals surface area (Å²) in [5.74, 6) is 0.421. The quantitative estimate of drug-likeness (QED) is 0.542. The normalized spacial score (nSPS) is 20.7. The van der Waals surface area contributed by atoms with E-state index in [1.54, 1.807) is 16.4 Å². The third-order valence-corrected chi connectivity index (χ3v) is 9.80. The highest BCUT2D eigenvalue weighted by atomic mass is 32.2. The van der Waals surface area contributed by atoms with Crippen molar-refractivity contribution in [1.29, 1.82) is 0 Å². The van der Waals surface area contributed by atoms with Crippen molar-refractivity contribution in [1.82, 2.24) is 14.9 Å². The molecule has 2 aromatic carbocycles. The van der Waals surface area contributed by atoms with Gasteiger partial charge in [-0.05, 0) is 92.5 Å². The smallest absolute Gasteiger partial charge is 0.251 e. The third kappa shape index (κ3) is 5.15. The van der Waals surface area contributed by atoms with Crippen LogP contribution in [0.25, 0.3) is 0 Å². The second-order valence-corrected chi connectivity index (χ2v) is 12.0. The molecule has 0 radical (unpaired) electrons. The molecular weight excluding hydrogens is 490 g/mol. The predicted molar refractivity (Wildman–Crippen MR) is 140 cm³/mol. The van der Waals surface area contributed by atoms with Gasteiger partial charge in [-0.1, -0.05) is 18.7 Å². The lowest BCUT2D eigenvalue weighted by Crippen LogP contribution is -2.63. The maximum absolute atomic E-state index is 13.6. The Morgan fingerprint density at radius 3 is 2.62 bits per heavy atom. The maximum Gasteiger partial charge on any atom is 0.251 e. The molecular formula is C28H33N3O5S. The van der Waals surface area contributed by atoms with Crippen molar-refractivity contribution in [3.8, 4) is 5.75 Å². The van der Waals surface area contributed by atoms with Crippen LogP contribution >= 0.6 is 0 Å². The lowest BCUT2D eigenvalue weighted by atomic mass is 9.70. The molecule has 5 rings (SSSR count). The molecule has 9 heteroatoms. The molecule has 2 aliphatic heterocycles. The van der Waals surface area contributed by atoms with Crippen LogP contribution in [0, 0.1) is 0 Å². The van der Waals surface area contributed by atoms with Gasteiger partial charge in [0.05, 0.1) is 11.5 Å². The average molecular weight is 524 g/mol. The van der Waals surface area contributed by atoms with E-state index in [-0.39, 0.29) is 22.8 Å². The molecule has 1 saturated carbocycles. The van der Waals surface area contributed by atoms with E-state index in [2.05, 4.69) is 23.3 Å². The van der Waals surface area contributed by atoms with E-state index in [0.717, 1.165) is 55.6 Å². The number of piperidine rings is 1. The van der Waals surface area contributed by atoms with Gasteiger partial charge in [-0.2, -0.15) is 4.31 Å². The fourth-order valence-corrected chi connectivity index (χ4v) is 7.53. The number of sulfonamides is 1. The zero-order valence-electron chi connectivity index (χ0n) is 20.9. The van der Waals surface area contributed by atoms with E-state index in [9.17, 15) is 18.0 Å². The van der Waals surface area contributed by atoms with Gasteiger partial charge in [-0.15, -0.1) is 0 Å². The molecule has 1 saturated heterocycles. The van der Waals surface area contributed by atoms with Crippen molar-refractivity contribution in [3.63, 3.8) is 0 Å². The largest absolute Gasteiger partial charge is 0.493 e. The first-order chi connectivity index (χ1) is 17.8. The van der Waals surface area contributed by atoms with Crippen LogP contribution in [0.5, 0.6) is 5.75 Å². The van der Waals surface area contributed by atoms with Gasteiger partial charge in [-0.3, -0.25) is 9.59 Å². The number of rotatable bonds is 7. The lowest BCUT2D eigenvalue weighted by molar-refractivity contribution is -0.117. The minimum absolute atomic E-state index is 0.0639. The first-order valence-corrected chi connectivity index (χ1v) is 14.3.